The van der Waals surface area contributed by atoms with E-state index in [0.29, 0.717) is 11.5 Å². The fraction of sp³-hybridized carbons (Fsp3) is 0.0909. The molecule has 2 heterocycles. The van der Waals surface area contributed by atoms with E-state index in [1.807, 2.05) is 0 Å². The molecule has 1 amide bonds. The van der Waals surface area contributed by atoms with Gasteiger partial charge in [-0.25, -0.2) is 9.67 Å². The summed E-state index contributed by atoms with van der Waals surface area (Å²) < 4.78 is 1.57. The zero-order valence-electron chi connectivity index (χ0n) is 9.28. The average molecular weight is 246 g/mol. The third-order valence-corrected chi connectivity index (χ3v) is 2.08. The van der Waals surface area contributed by atoms with Crippen molar-refractivity contribution in [1.82, 2.24) is 14.8 Å². The summed E-state index contributed by atoms with van der Waals surface area (Å²) in [7, 11) is 0. The van der Waals surface area contributed by atoms with Crippen LogP contribution in [0.5, 0.6) is 0 Å². The van der Waals surface area contributed by atoms with Crippen LogP contribution in [0.15, 0.2) is 36.8 Å². The summed E-state index contributed by atoms with van der Waals surface area (Å²) in [6, 6.07) is 5.07. The standard InChI is InChI=1S/C11H10N4O3/c16-10(6-11(17)18)14-8-2-3-9(12-7-8)15-5-1-4-13-15/h1-5,7H,6H2,(H,14,16)(H,17,18). The summed E-state index contributed by atoms with van der Waals surface area (Å²) in [6.07, 6.45) is 4.24. The molecule has 2 N–H and O–H groups in total. The van der Waals surface area contributed by atoms with Crippen LogP contribution in [0.2, 0.25) is 0 Å². The molecule has 2 aromatic heterocycles. The molecular weight excluding hydrogens is 236 g/mol. The number of carboxylic acid groups (broad SMARTS) is 1. The third kappa shape index (κ3) is 2.91. The van der Waals surface area contributed by atoms with Gasteiger partial charge < -0.3 is 10.4 Å². The van der Waals surface area contributed by atoms with E-state index in [2.05, 4.69) is 15.4 Å². The second-order valence-electron chi connectivity index (χ2n) is 3.47. The Hall–Kier alpha value is -2.70. The van der Waals surface area contributed by atoms with Gasteiger partial charge in [-0.1, -0.05) is 0 Å². The number of rotatable bonds is 4. The van der Waals surface area contributed by atoms with Crippen LogP contribution in [-0.2, 0) is 9.59 Å². The van der Waals surface area contributed by atoms with Crippen molar-refractivity contribution in [2.45, 2.75) is 6.42 Å². The Balaban J connectivity index is 2.04. The Labute approximate surface area is 102 Å². The van der Waals surface area contributed by atoms with Crippen LogP contribution in [-0.4, -0.2) is 31.7 Å². The van der Waals surface area contributed by atoms with Gasteiger partial charge in [0.25, 0.3) is 0 Å². The summed E-state index contributed by atoms with van der Waals surface area (Å²) >= 11 is 0. The minimum Gasteiger partial charge on any atom is -0.481 e. The molecule has 0 unspecified atom stereocenters. The molecule has 0 aromatic carbocycles. The van der Waals surface area contributed by atoms with E-state index in [0.717, 1.165) is 0 Å². The highest BCUT2D eigenvalue weighted by Crippen LogP contribution is 2.09. The van der Waals surface area contributed by atoms with Gasteiger partial charge in [-0.3, -0.25) is 9.59 Å². The summed E-state index contributed by atoms with van der Waals surface area (Å²) in [4.78, 5) is 25.6. The molecule has 0 radical (unpaired) electrons. The van der Waals surface area contributed by atoms with E-state index in [1.165, 1.54) is 6.20 Å². The Kier molecular flexibility index (Phi) is 3.33. The lowest BCUT2D eigenvalue weighted by molar-refractivity contribution is -0.139. The number of carbonyl (C=O) groups excluding carboxylic acids is 1. The molecule has 2 aromatic rings. The molecule has 0 atom stereocenters. The van der Waals surface area contributed by atoms with E-state index in [4.69, 9.17) is 5.11 Å². The van der Waals surface area contributed by atoms with Crippen molar-refractivity contribution in [1.29, 1.82) is 0 Å². The average Bonchev–Trinajstić information content (AvgIpc) is 2.82. The van der Waals surface area contributed by atoms with Gasteiger partial charge in [-0.2, -0.15) is 5.10 Å². The largest absolute Gasteiger partial charge is 0.481 e. The van der Waals surface area contributed by atoms with Gasteiger partial charge in [-0.05, 0) is 18.2 Å². The Morgan fingerprint density at radius 2 is 2.22 bits per heavy atom. The maximum atomic E-state index is 11.2. The lowest BCUT2D eigenvalue weighted by Crippen LogP contribution is -2.16. The molecule has 0 bridgehead atoms. The lowest BCUT2D eigenvalue weighted by Gasteiger charge is -2.04. The van der Waals surface area contributed by atoms with Crippen molar-refractivity contribution in [3.8, 4) is 5.82 Å². The monoisotopic (exact) mass is 246 g/mol. The molecule has 0 saturated heterocycles. The smallest absolute Gasteiger partial charge is 0.312 e. The van der Waals surface area contributed by atoms with E-state index < -0.39 is 18.3 Å². The second-order valence-corrected chi connectivity index (χ2v) is 3.47. The zero-order chi connectivity index (χ0) is 13.0. The fourth-order valence-electron chi connectivity index (χ4n) is 1.34. The van der Waals surface area contributed by atoms with Gasteiger partial charge in [0.1, 0.15) is 6.42 Å². The SMILES string of the molecule is O=C(O)CC(=O)Nc1ccc(-n2cccn2)nc1. The van der Waals surface area contributed by atoms with Crippen LogP contribution < -0.4 is 5.32 Å². The van der Waals surface area contributed by atoms with Crippen molar-refractivity contribution < 1.29 is 14.7 Å². The highest BCUT2D eigenvalue weighted by Gasteiger charge is 2.08. The predicted molar refractivity (Wildman–Crippen MR) is 62.2 cm³/mol. The minimum atomic E-state index is -1.17. The normalized spacial score (nSPS) is 10.0. The van der Waals surface area contributed by atoms with Crippen molar-refractivity contribution in [2.75, 3.05) is 5.32 Å². The third-order valence-electron chi connectivity index (χ3n) is 2.08. The fourth-order valence-corrected chi connectivity index (χ4v) is 1.34. The molecule has 0 saturated carbocycles. The van der Waals surface area contributed by atoms with Crippen molar-refractivity contribution in [2.24, 2.45) is 0 Å². The van der Waals surface area contributed by atoms with Crippen LogP contribution in [0.1, 0.15) is 6.42 Å². The highest BCUT2D eigenvalue weighted by molar-refractivity contribution is 6.01. The van der Waals surface area contributed by atoms with Crippen LogP contribution in [0.25, 0.3) is 5.82 Å². The van der Waals surface area contributed by atoms with Crippen molar-refractivity contribution in [3.05, 3.63) is 36.8 Å². The van der Waals surface area contributed by atoms with Gasteiger partial charge in [-0.15, -0.1) is 0 Å². The van der Waals surface area contributed by atoms with Gasteiger partial charge in [0, 0.05) is 12.4 Å². The molecular formula is C11H10N4O3. The van der Waals surface area contributed by atoms with Crippen molar-refractivity contribution in [3.63, 3.8) is 0 Å². The number of aliphatic carboxylic acids is 1. The van der Waals surface area contributed by atoms with Crippen LogP contribution in [0.3, 0.4) is 0 Å². The van der Waals surface area contributed by atoms with Gasteiger partial charge >= 0.3 is 5.97 Å². The number of pyridine rings is 1. The maximum absolute atomic E-state index is 11.2. The molecule has 92 valence electrons. The number of hydrogen-bond donors (Lipinski definition) is 2. The number of amides is 1. The van der Waals surface area contributed by atoms with Crippen LogP contribution in [0.4, 0.5) is 5.69 Å². The lowest BCUT2D eigenvalue weighted by atomic mass is 10.3. The maximum Gasteiger partial charge on any atom is 0.312 e. The first-order chi connectivity index (χ1) is 8.65. The molecule has 2 rings (SSSR count). The van der Waals surface area contributed by atoms with Crippen LogP contribution in [0, 0.1) is 0 Å². The summed E-state index contributed by atoms with van der Waals surface area (Å²) in [5.41, 5.74) is 0.442. The zero-order valence-corrected chi connectivity index (χ0v) is 9.28. The second kappa shape index (κ2) is 5.09. The first kappa shape index (κ1) is 11.8. The number of carbonyl (C=O) groups is 2. The molecule has 0 aliphatic carbocycles. The van der Waals surface area contributed by atoms with Gasteiger partial charge in [0.05, 0.1) is 11.9 Å². The number of carboxylic acids is 1. The number of anilines is 1. The first-order valence-corrected chi connectivity index (χ1v) is 5.13. The summed E-state index contributed by atoms with van der Waals surface area (Å²) in [5, 5.41) is 14.9. The quantitative estimate of drug-likeness (QED) is 0.773. The number of nitrogens with one attached hydrogen (secondary N) is 1. The minimum absolute atomic E-state index is 0.442. The molecule has 7 nitrogen and oxygen atoms in total. The van der Waals surface area contributed by atoms with Crippen molar-refractivity contribution >= 4 is 17.6 Å². The number of nitrogens with zero attached hydrogens (tertiary/aromatic N) is 3. The van der Waals surface area contributed by atoms with Crippen LogP contribution >= 0.6 is 0 Å². The molecule has 0 aliphatic rings. The molecule has 0 aliphatic heterocycles. The molecule has 7 heteroatoms. The topological polar surface area (TPSA) is 97.1 Å². The molecule has 18 heavy (non-hydrogen) atoms. The Morgan fingerprint density at radius 1 is 1.39 bits per heavy atom. The van der Waals surface area contributed by atoms with Gasteiger partial charge in [0.2, 0.25) is 5.91 Å². The highest BCUT2D eigenvalue weighted by atomic mass is 16.4. The summed E-state index contributed by atoms with van der Waals surface area (Å²) in [6.45, 7) is 0. The van der Waals surface area contributed by atoms with E-state index in [1.54, 1.807) is 35.3 Å². The molecule has 0 spiro atoms. The van der Waals surface area contributed by atoms with E-state index in [9.17, 15) is 9.59 Å². The van der Waals surface area contributed by atoms with E-state index >= 15 is 0 Å². The van der Waals surface area contributed by atoms with Gasteiger partial charge in [0.15, 0.2) is 5.82 Å². The Morgan fingerprint density at radius 3 is 2.78 bits per heavy atom. The molecule has 0 fully saturated rings. The summed E-state index contributed by atoms with van der Waals surface area (Å²) in [5.74, 6) is -1.15. The number of hydrogen-bond acceptors (Lipinski definition) is 4. The predicted octanol–water partition coefficient (Wildman–Crippen LogP) is 0.681. The Bertz CT molecular complexity index is 548. The first-order valence-electron chi connectivity index (χ1n) is 5.13. The van der Waals surface area contributed by atoms with E-state index in [-0.39, 0.29) is 0 Å². The number of aromatic nitrogens is 3.